The summed E-state index contributed by atoms with van der Waals surface area (Å²) in [5, 5.41) is 13.7. The average Bonchev–Trinajstić information content (AvgIpc) is 2.97. The summed E-state index contributed by atoms with van der Waals surface area (Å²) in [6.07, 6.45) is 10.6. The Morgan fingerprint density at radius 2 is 1.65 bits per heavy atom. The van der Waals surface area contributed by atoms with Gasteiger partial charge in [-0.1, -0.05) is 19.3 Å². The van der Waals surface area contributed by atoms with E-state index in [-0.39, 0.29) is 17.4 Å². The van der Waals surface area contributed by atoms with Gasteiger partial charge in [0.15, 0.2) is 9.84 Å². The SMILES string of the molecule is CS(=O)(=O)C1CCCC1NC1CCN(C2CCCCC2O)CC1. The first kappa shape index (κ1) is 17.6. The number of nitrogens with one attached hydrogen (secondary N) is 1. The molecule has 4 unspecified atom stereocenters. The van der Waals surface area contributed by atoms with Gasteiger partial charge in [0.1, 0.15) is 0 Å². The quantitative estimate of drug-likeness (QED) is 0.805. The number of aliphatic hydroxyl groups excluding tert-OH is 1. The number of rotatable bonds is 4. The molecule has 1 saturated heterocycles. The van der Waals surface area contributed by atoms with Crippen LogP contribution in [0.15, 0.2) is 0 Å². The van der Waals surface area contributed by atoms with Gasteiger partial charge in [-0.25, -0.2) is 8.42 Å². The molecule has 2 N–H and O–H groups in total. The summed E-state index contributed by atoms with van der Waals surface area (Å²) < 4.78 is 23.8. The molecule has 3 rings (SSSR count). The molecule has 134 valence electrons. The maximum atomic E-state index is 11.9. The summed E-state index contributed by atoms with van der Waals surface area (Å²) in [4.78, 5) is 2.46. The second kappa shape index (κ2) is 7.38. The van der Waals surface area contributed by atoms with Crippen LogP contribution in [-0.4, -0.2) is 67.2 Å². The molecule has 4 atom stereocenters. The Morgan fingerprint density at radius 1 is 0.957 bits per heavy atom. The molecule has 0 radical (unpaired) electrons. The topological polar surface area (TPSA) is 69.6 Å². The van der Waals surface area contributed by atoms with E-state index in [0.717, 1.165) is 64.5 Å². The van der Waals surface area contributed by atoms with Gasteiger partial charge in [0.05, 0.1) is 11.4 Å². The van der Waals surface area contributed by atoms with Crippen molar-refractivity contribution in [2.45, 2.75) is 87.3 Å². The van der Waals surface area contributed by atoms with Crippen molar-refractivity contribution in [2.75, 3.05) is 19.3 Å². The van der Waals surface area contributed by atoms with E-state index in [4.69, 9.17) is 0 Å². The number of hydrogen-bond acceptors (Lipinski definition) is 5. The molecule has 1 aliphatic heterocycles. The first-order chi connectivity index (χ1) is 10.9. The maximum absolute atomic E-state index is 11.9. The molecule has 2 aliphatic carbocycles. The molecule has 5 nitrogen and oxygen atoms in total. The highest BCUT2D eigenvalue weighted by Gasteiger charge is 2.37. The lowest BCUT2D eigenvalue weighted by molar-refractivity contribution is 0.00667. The zero-order valence-corrected chi connectivity index (χ0v) is 15.1. The summed E-state index contributed by atoms with van der Waals surface area (Å²) in [5.74, 6) is 0. The Bertz CT molecular complexity index is 488. The first-order valence-corrected chi connectivity index (χ1v) is 11.3. The molecule has 0 bridgehead atoms. The fourth-order valence-electron chi connectivity index (χ4n) is 4.85. The molecule has 0 aromatic rings. The van der Waals surface area contributed by atoms with Crippen LogP contribution in [0.5, 0.6) is 0 Å². The minimum absolute atomic E-state index is 0.141. The second-order valence-corrected chi connectivity index (χ2v) is 10.1. The molecule has 3 fully saturated rings. The van der Waals surface area contributed by atoms with Crippen molar-refractivity contribution in [2.24, 2.45) is 0 Å². The third kappa shape index (κ3) is 4.27. The predicted octanol–water partition coefficient (Wildman–Crippen LogP) is 1.31. The molecule has 1 heterocycles. The van der Waals surface area contributed by atoms with Gasteiger partial charge in [-0.2, -0.15) is 0 Å². The van der Waals surface area contributed by atoms with E-state index in [0.29, 0.717) is 12.1 Å². The number of nitrogens with zero attached hydrogens (tertiary/aromatic N) is 1. The second-order valence-electron chi connectivity index (χ2n) is 7.80. The molecular weight excluding hydrogens is 312 g/mol. The smallest absolute Gasteiger partial charge is 0.151 e. The summed E-state index contributed by atoms with van der Waals surface area (Å²) in [5.41, 5.74) is 0. The molecule has 2 saturated carbocycles. The van der Waals surface area contributed by atoms with E-state index in [9.17, 15) is 13.5 Å². The Morgan fingerprint density at radius 3 is 2.30 bits per heavy atom. The summed E-state index contributed by atoms with van der Waals surface area (Å²) in [6.45, 7) is 2.05. The monoisotopic (exact) mass is 344 g/mol. The molecule has 0 spiro atoms. The number of likely N-dealkylation sites (tertiary alicyclic amines) is 1. The molecule has 3 aliphatic rings. The molecular formula is C17H32N2O3S. The van der Waals surface area contributed by atoms with E-state index < -0.39 is 9.84 Å². The Balaban J connectivity index is 1.49. The maximum Gasteiger partial charge on any atom is 0.151 e. The lowest BCUT2D eigenvalue weighted by Crippen LogP contribution is -2.54. The zero-order chi connectivity index (χ0) is 16.4. The Hall–Kier alpha value is -0.170. The van der Waals surface area contributed by atoms with Gasteiger partial charge in [0.25, 0.3) is 0 Å². The van der Waals surface area contributed by atoms with Crippen LogP contribution in [0, 0.1) is 0 Å². The number of piperidine rings is 1. The summed E-state index contributed by atoms with van der Waals surface area (Å²) in [6, 6.07) is 0.918. The van der Waals surface area contributed by atoms with Crippen LogP contribution in [0.4, 0.5) is 0 Å². The fourth-order valence-corrected chi connectivity index (χ4v) is 6.25. The third-order valence-corrected chi connectivity index (χ3v) is 7.81. The fraction of sp³-hybridized carbons (Fsp3) is 1.00. The predicted molar refractivity (Wildman–Crippen MR) is 92.3 cm³/mol. The minimum Gasteiger partial charge on any atom is -0.391 e. The molecule has 23 heavy (non-hydrogen) atoms. The van der Waals surface area contributed by atoms with Crippen LogP contribution in [-0.2, 0) is 9.84 Å². The van der Waals surface area contributed by atoms with Gasteiger partial charge in [0, 0.05) is 37.5 Å². The van der Waals surface area contributed by atoms with Crippen molar-refractivity contribution in [3.05, 3.63) is 0 Å². The van der Waals surface area contributed by atoms with Gasteiger partial charge in [-0.05, 0) is 38.5 Å². The number of sulfone groups is 1. The average molecular weight is 345 g/mol. The van der Waals surface area contributed by atoms with E-state index in [1.54, 1.807) is 0 Å². The van der Waals surface area contributed by atoms with Crippen LogP contribution in [0.25, 0.3) is 0 Å². The van der Waals surface area contributed by atoms with Crippen molar-refractivity contribution >= 4 is 9.84 Å². The van der Waals surface area contributed by atoms with Gasteiger partial charge in [-0.3, -0.25) is 4.90 Å². The van der Waals surface area contributed by atoms with E-state index in [1.807, 2.05) is 0 Å². The highest BCUT2D eigenvalue weighted by molar-refractivity contribution is 7.91. The van der Waals surface area contributed by atoms with Crippen LogP contribution in [0.1, 0.15) is 57.8 Å². The standard InChI is InChI=1S/C17H32N2O3S/c1-23(21,22)17-8-4-5-14(17)18-13-9-11-19(12-10-13)15-6-2-3-7-16(15)20/h13-18,20H,2-12H2,1H3. The van der Waals surface area contributed by atoms with Gasteiger partial charge in [0.2, 0.25) is 0 Å². The minimum atomic E-state index is -2.94. The molecule has 0 aromatic heterocycles. The molecule has 6 heteroatoms. The van der Waals surface area contributed by atoms with Crippen molar-refractivity contribution in [3.8, 4) is 0 Å². The van der Waals surface area contributed by atoms with E-state index >= 15 is 0 Å². The highest BCUT2D eigenvalue weighted by Crippen LogP contribution is 2.28. The molecule has 0 aromatic carbocycles. The van der Waals surface area contributed by atoms with E-state index in [1.165, 1.54) is 12.7 Å². The first-order valence-electron chi connectivity index (χ1n) is 9.32. The van der Waals surface area contributed by atoms with Gasteiger partial charge in [-0.15, -0.1) is 0 Å². The van der Waals surface area contributed by atoms with Crippen molar-refractivity contribution < 1.29 is 13.5 Å². The summed E-state index contributed by atoms with van der Waals surface area (Å²) >= 11 is 0. The van der Waals surface area contributed by atoms with Crippen LogP contribution in [0.3, 0.4) is 0 Å². The van der Waals surface area contributed by atoms with Crippen LogP contribution < -0.4 is 5.32 Å². The lowest BCUT2D eigenvalue weighted by Gasteiger charge is -2.42. The Labute approximate surface area is 140 Å². The summed E-state index contributed by atoms with van der Waals surface area (Å²) in [7, 11) is -2.94. The van der Waals surface area contributed by atoms with Gasteiger partial charge < -0.3 is 10.4 Å². The van der Waals surface area contributed by atoms with Crippen molar-refractivity contribution in [1.82, 2.24) is 10.2 Å². The van der Waals surface area contributed by atoms with E-state index in [2.05, 4.69) is 10.2 Å². The molecule has 0 amide bonds. The van der Waals surface area contributed by atoms with Gasteiger partial charge >= 0.3 is 0 Å². The van der Waals surface area contributed by atoms with Crippen molar-refractivity contribution in [3.63, 3.8) is 0 Å². The number of hydrogen-bond donors (Lipinski definition) is 2. The highest BCUT2D eigenvalue weighted by atomic mass is 32.2. The third-order valence-electron chi connectivity index (χ3n) is 6.14. The van der Waals surface area contributed by atoms with Crippen molar-refractivity contribution in [1.29, 1.82) is 0 Å². The zero-order valence-electron chi connectivity index (χ0n) is 14.3. The lowest BCUT2D eigenvalue weighted by atomic mass is 9.89. The van der Waals surface area contributed by atoms with Crippen LogP contribution in [0.2, 0.25) is 0 Å². The normalized spacial score (nSPS) is 38.0. The number of aliphatic hydroxyl groups is 1. The Kier molecular flexibility index (Phi) is 5.66. The largest absolute Gasteiger partial charge is 0.391 e. The van der Waals surface area contributed by atoms with Crippen LogP contribution >= 0.6 is 0 Å².